The van der Waals surface area contributed by atoms with Crippen molar-refractivity contribution in [3.63, 3.8) is 0 Å². The molecule has 51 heteroatoms. The molecular formula is C98H75F24N25OS. The van der Waals surface area contributed by atoms with Crippen molar-refractivity contribution in [3.05, 3.63) is 359 Å². The molecule has 0 bridgehead atoms. The second-order valence-corrected chi connectivity index (χ2v) is 32.8. The third kappa shape index (κ3) is 30.2. The van der Waals surface area contributed by atoms with Gasteiger partial charge in [0.1, 0.15) is 45.7 Å². The summed E-state index contributed by atoms with van der Waals surface area (Å²) in [6.45, 7) is 2.99. The highest BCUT2D eigenvalue weighted by Gasteiger charge is 2.42. The summed E-state index contributed by atoms with van der Waals surface area (Å²) in [7, 11) is 3.65. The van der Waals surface area contributed by atoms with Crippen LogP contribution in [0.15, 0.2) is 277 Å². The summed E-state index contributed by atoms with van der Waals surface area (Å²) in [6, 6.07) is 34.9. The fourth-order valence-electron chi connectivity index (χ4n) is 14.2. The van der Waals surface area contributed by atoms with Crippen LogP contribution < -0.4 is 31.5 Å². The van der Waals surface area contributed by atoms with Gasteiger partial charge < -0.3 is 40.8 Å². The van der Waals surface area contributed by atoms with Gasteiger partial charge in [-0.1, -0.05) is 12.1 Å². The van der Waals surface area contributed by atoms with Crippen molar-refractivity contribution >= 4 is 57.2 Å². The number of nitrogens with one attached hydrogen (secondary N) is 5. The first-order valence-corrected chi connectivity index (χ1v) is 44.6. The Morgan fingerprint density at radius 3 is 1.04 bits per heavy atom. The van der Waals surface area contributed by atoms with Crippen LogP contribution in [0.3, 0.4) is 0 Å². The van der Waals surface area contributed by atoms with Gasteiger partial charge in [0.15, 0.2) is 34.2 Å². The number of allylic oxidation sites excluding steroid dienone is 1. The zero-order valence-electron chi connectivity index (χ0n) is 76.8. The zero-order valence-corrected chi connectivity index (χ0v) is 77.6. The number of furan rings is 1. The number of hydrogen-bond donors (Lipinski definition) is 5. The predicted octanol–water partition coefficient (Wildman–Crippen LogP) is 24.2. The van der Waals surface area contributed by atoms with Gasteiger partial charge in [-0.15, -0.1) is 11.3 Å². The Morgan fingerprint density at radius 1 is 0.349 bits per heavy atom. The molecule has 1 fully saturated rings. The highest BCUT2D eigenvalue weighted by atomic mass is 32.1. The van der Waals surface area contributed by atoms with Crippen LogP contribution in [0.5, 0.6) is 0 Å². The SMILES string of the molecule is CN1CCN(c2ccc(-c3cncc(F)c3)nc2C(F)(F)F)CC1.Cn1ccc(CNc2ccc(-c3cncc(F)c3)nc2C(F)(F)F)n1.Fc1cncc(-c2ccc(NCC3=CCC=N3)c(C(F)(F)F)n2)c1.Fc1cncc(-c2ccc(NCc3cc4ccccn4n3)c(C(F)(F)F)n2)c1.Fc1cncc(-c2ccc(NCc3ccco3)c(C(F)(F)F)n2)c1.Fc1cncc(-c2ccc(NCc3nccs3)c(C(F)(F)F)n2)c1. The lowest BCUT2D eigenvalue weighted by molar-refractivity contribution is -0.141. The van der Waals surface area contributed by atoms with Crippen molar-refractivity contribution < 1.29 is 110 Å². The lowest BCUT2D eigenvalue weighted by Gasteiger charge is -2.35. The number of aromatic nitrogens is 17. The van der Waals surface area contributed by atoms with Gasteiger partial charge in [-0.05, 0) is 153 Å². The Bertz CT molecular complexity index is 7310. The number of halogens is 24. The van der Waals surface area contributed by atoms with Crippen LogP contribution in [0.1, 0.15) is 62.7 Å². The molecule has 2 aliphatic heterocycles. The van der Waals surface area contributed by atoms with E-state index in [2.05, 4.69) is 111 Å². The first-order chi connectivity index (χ1) is 70.9. The zero-order chi connectivity index (χ0) is 107. The Morgan fingerprint density at radius 2 is 0.711 bits per heavy atom. The number of aryl methyl sites for hydroxylation is 1. The number of likely N-dealkylation sites (N-methyl/N-ethyl adjacent to an activating group) is 1. The van der Waals surface area contributed by atoms with Gasteiger partial charge in [0, 0.05) is 140 Å². The van der Waals surface area contributed by atoms with Crippen molar-refractivity contribution in [2.24, 2.45) is 12.0 Å². The fraction of sp³-hybridized carbons (Fsp3) is 0.184. The van der Waals surface area contributed by atoms with Crippen LogP contribution in [0.2, 0.25) is 0 Å². The minimum atomic E-state index is -4.68. The van der Waals surface area contributed by atoms with Crippen LogP contribution in [0.25, 0.3) is 73.1 Å². The predicted molar refractivity (Wildman–Crippen MR) is 502 cm³/mol. The molecule has 0 radical (unpaired) electrons. The van der Waals surface area contributed by atoms with E-state index in [-0.39, 0.29) is 134 Å². The molecule has 1 saturated heterocycles. The van der Waals surface area contributed by atoms with E-state index < -0.39 is 106 Å². The molecule has 0 unspecified atom stereocenters. The highest BCUT2D eigenvalue weighted by Crippen LogP contribution is 2.43. The highest BCUT2D eigenvalue weighted by molar-refractivity contribution is 7.09. The van der Waals surface area contributed by atoms with E-state index in [0.717, 1.165) is 79.1 Å². The number of rotatable bonds is 22. The summed E-state index contributed by atoms with van der Waals surface area (Å²) in [5.74, 6) is -3.37. The number of alkyl halides is 18. The largest absolute Gasteiger partial charge is 0.467 e. The van der Waals surface area contributed by atoms with Gasteiger partial charge >= 0.3 is 37.1 Å². The van der Waals surface area contributed by atoms with Crippen molar-refractivity contribution in [2.45, 2.75) is 69.7 Å². The number of pyridine rings is 13. The number of aliphatic imine (C=N–C) groups is 1. The quantitative estimate of drug-likeness (QED) is 0.0394. The van der Waals surface area contributed by atoms with Crippen molar-refractivity contribution in [1.82, 2.24) is 89.1 Å². The van der Waals surface area contributed by atoms with E-state index in [1.54, 1.807) is 75.6 Å². The Kier molecular flexibility index (Phi) is 34.4. The number of nitrogens with zero attached hydrogens (tertiary/aromatic N) is 20. The van der Waals surface area contributed by atoms with Gasteiger partial charge in [-0.2, -0.15) is 89.2 Å². The van der Waals surface area contributed by atoms with Crippen LogP contribution in [-0.2, 0) is 70.3 Å². The van der Waals surface area contributed by atoms with E-state index in [1.165, 1.54) is 128 Å². The maximum Gasteiger partial charge on any atom is 0.435 e. The molecule has 0 atom stereocenters. The standard InChI is InChI=1S/C19H13F4N5.C16H13F4N5.C16H16F4N4.C16H12F4N4.C16H11F4N3O.C15H10F4N4S/c20-13-7-12(9-24-10-13)16-4-5-17(18(26-16)19(21,22)23)25-11-14-8-15-3-1-2-6-28(15)27-14;1-25-5-4-12(24-25)9-22-14-3-2-13(23-15(14)16(18,19)20)10-6-11(17)8-21-7-10;1-23-4-6-24(7-5-23)14-3-2-13(22-15(14)16(18,19)20)11-8-12(17)10-21-9-11;17-11-6-10(7-21-8-11)13-3-4-14(15(24-13)16(18,19)20)23-9-12-2-1-5-22-12;17-11-6-10(7-21-8-11)13-3-4-14(15(23-13)16(18,19)20)22-9-12-2-1-5-24-12;16-10-5-9(6-20-7-10)11-1-2-12(14(23-11)15(17,18)19)22-8-13-21-3-4-24-13/h1-10,25H,11H2;2-8,22H,9H2,1H3;2-3,8-10H,4-7H2,1H3;2-8,23H,1,9H2;1-8,22H,9H2;1-7,22H,8H2. The first-order valence-electron chi connectivity index (χ1n) is 43.7. The number of hydrogen-bond acceptors (Lipinski definition) is 25. The van der Waals surface area contributed by atoms with Gasteiger partial charge in [0.05, 0.1) is 167 Å². The number of piperazine rings is 1. The number of thiazole rings is 1. The lowest BCUT2D eigenvalue weighted by Crippen LogP contribution is -2.45. The molecule has 0 aromatic carbocycles. The van der Waals surface area contributed by atoms with E-state index in [0.29, 0.717) is 60.5 Å². The Labute approximate surface area is 832 Å². The topological polar surface area (TPSA) is 295 Å². The van der Waals surface area contributed by atoms with E-state index in [9.17, 15) is 105 Å². The van der Waals surface area contributed by atoms with Crippen LogP contribution in [0, 0.1) is 34.9 Å². The molecule has 19 rings (SSSR count). The third-order valence-corrected chi connectivity index (χ3v) is 21.8. The maximum atomic E-state index is 13.5. The Balaban J connectivity index is 0.000000141. The second kappa shape index (κ2) is 47.5. The van der Waals surface area contributed by atoms with Crippen molar-refractivity contribution in [1.29, 1.82) is 0 Å². The molecule has 5 N–H and O–H groups in total. The first kappa shape index (κ1) is 108. The summed E-state index contributed by atoms with van der Waals surface area (Å²) < 4.78 is 328. The summed E-state index contributed by atoms with van der Waals surface area (Å²) in [6.07, 6.45) is -3.85. The van der Waals surface area contributed by atoms with E-state index >= 15 is 0 Å². The minimum absolute atomic E-state index is 0.00187. The lowest BCUT2D eigenvalue weighted by atomic mass is 10.1. The molecular weight excluding hydrogens is 2030 g/mol. The smallest absolute Gasteiger partial charge is 0.435 e. The van der Waals surface area contributed by atoms with E-state index in [1.807, 2.05) is 31.3 Å². The Hall–Kier alpha value is -16.9. The molecule has 0 amide bonds. The average Bonchev–Trinajstić information content (AvgIpc) is 1.28. The molecule has 2 aliphatic rings. The average molecular weight is 2110 g/mol. The molecule has 17 aromatic heterocycles. The molecule has 772 valence electrons. The second-order valence-electron chi connectivity index (χ2n) is 31.9. The monoisotopic (exact) mass is 2110 g/mol. The fourth-order valence-corrected chi connectivity index (χ4v) is 14.7. The normalized spacial score (nSPS) is 12.7. The summed E-state index contributed by atoms with van der Waals surface area (Å²) >= 11 is 1.33. The van der Waals surface area contributed by atoms with Crippen LogP contribution >= 0.6 is 11.3 Å². The molecule has 19 heterocycles. The number of anilines is 6. The molecule has 149 heavy (non-hydrogen) atoms. The summed E-state index contributed by atoms with van der Waals surface area (Å²) in [5.41, 5.74) is -3.40. The van der Waals surface area contributed by atoms with Gasteiger partial charge in [-0.3, -0.25) is 39.6 Å². The summed E-state index contributed by atoms with van der Waals surface area (Å²) in [5, 5.41) is 24.2. The molecule has 26 nitrogen and oxygen atoms in total. The van der Waals surface area contributed by atoms with Gasteiger partial charge in [-0.25, -0.2) is 65.7 Å². The molecule has 0 saturated carbocycles. The van der Waals surface area contributed by atoms with Crippen molar-refractivity contribution in [3.8, 4) is 67.5 Å². The van der Waals surface area contributed by atoms with Gasteiger partial charge in [0.25, 0.3) is 0 Å². The maximum absolute atomic E-state index is 13.5. The number of fused-ring (bicyclic) bond motifs is 1. The van der Waals surface area contributed by atoms with Gasteiger partial charge in [0.2, 0.25) is 0 Å². The molecule has 0 aliphatic carbocycles. The van der Waals surface area contributed by atoms with Crippen LogP contribution in [0.4, 0.5) is 139 Å². The van der Waals surface area contributed by atoms with Crippen LogP contribution in [-0.4, -0.2) is 135 Å². The minimum Gasteiger partial charge on any atom is -0.467 e. The third-order valence-electron chi connectivity index (χ3n) is 21.0. The van der Waals surface area contributed by atoms with E-state index in [4.69, 9.17) is 4.42 Å². The molecule has 0 spiro atoms. The van der Waals surface area contributed by atoms with Crippen molar-refractivity contribution in [2.75, 3.05) is 71.3 Å². The summed E-state index contributed by atoms with van der Waals surface area (Å²) in [4.78, 5) is 55.6. The molecule has 17 aromatic rings.